The molecule has 0 atom stereocenters. The van der Waals surface area contributed by atoms with E-state index < -0.39 is 0 Å². The van der Waals surface area contributed by atoms with Gasteiger partial charge in [0.15, 0.2) is 0 Å². The van der Waals surface area contributed by atoms with Crippen molar-refractivity contribution in [3.8, 4) is 22.6 Å². The quantitative estimate of drug-likeness (QED) is 0.801. The molecule has 0 spiro atoms. The maximum absolute atomic E-state index is 9.90. The summed E-state index contributed by atoms with van der Waals surface area (Å²) >= 11 is 0. The van der Waals surface area contributed by atoms with Crippen molar-refractivity contribution in [3.63, 3.8) is 0 Å². The molecule has 2 heteroatoms. The van der Waals surface area contributed by atoms with Gasteiger partial charge in [-0.3, -0.25) is 0 Å². The maximum atomic E-state index is 9.90. The first-order valence-corrected chi connectivity index (χ1v) is 5.84. The molecule has 0 aliphatic carbocycles. The summed E-state index contributed by atoms with van der Waals surface area (Å²) < 4.78 is 0. The molecule has 0 unspecified atom stereocenters. The van der Waals surface area contributed by atoms with Gasteiger partial charge in [0.1, 0.15) is 11.5 Å². The van der Waals surface area contributed by atoms with E-state index in [-0.39, 0.29) is 11.5 Å². The van der Waals surface area contributed by atoms with E-state index in [2.05, 4.69) is 6.58 Å². The van der Waals surface area contributed by atoms with E-state index in [9.17, 15) is 10.2 Å². The topological polar surface area (TPSA) is 40.5 Å². The van der Waals surface area contributed by atoms with Crippen molar-refractivity contribution < 1.29 is 10.2 Å². The molecular formula is C16H16O2. The molecule has 2 N–H and O–H groups in total. The summed E-state index contributed by atoms with van der Waals surface area (Å²) in [5, 5.41) is 19.6. The molecule has 2 nitrogen and oxygen atoms in total. The number of benzene rings is 2. The Labute approximate surface area is 107 Å². The Morgan fingerprint density at radius 2 is 1.78 bits per heavy atom. The summed E-state index contributed by atoms with van der Waals surface area (Å²) in [5.41, 5.74) is 3.57. The Balaban J connectivity index is 2.53. The SMILES string of the molecule is C=CCc1cc(-c2cc(C)ccc2O)ccc1O. The van der Waals surface area contributed by atoms with Crippen LogP contribution in [0.1, 0.15) is 11.1 Å². The monoisotopic (exact) mass is 240 g/mol. The second-order valence-electron chi connectivity index (χ2n) is 4.36. The van der Waals surface area contributed by atoms with E-state index in [0.29, 0.717) is 6.42 Å². The molecular weight excluding hydrogens is 224 g/mol. The Morgan fingerprint density at radius 3 is 2.50 bits per heavy atom. The number of allylic oxidation sites excluding steroid dienone is 1. The molecule has 0 saturated carbocycles. The first-order valence-electron chi connectivity index (χ1n) is 5.84. The minimum atomic E-state index is 0.246. The van der Waals surface area contributed by atoms with Gasteiger partial charge in [-0.2, -0.15) is 0 Å². The van der Waals surface area contributed by atoms with Crippen LogP contribution in [0.4, 0.5) is 0 Å². The Bertz CT molecular complexity index is 586. The van der Waals surface area contributed by atoms with Gasteiger partial charge in [0.2, 0.25) is 0 Å². The minimum Gasteiger partial charge on any atom is -0.508 e. The lowest BCUT2D eigenvalue weighted by Gasteiger charge is -2.09. The van der Waals surface area contributed by atoms with Crippen molar-refractivity contribution in [3.05, 3.63) is 60.2 Å². The summed E-state index contributed by atoms with van der Waals surface area (Å²) in [6, 6.07) is 10.8. The smallest absolute Gasteiger partial charge is 0.123 e. The maximum Gasteiger partial charge on any atom is 0.123 e. The van der Waals surface area contributed by atoms with Gasteiger partial charge in [-0.25, -0.2) is 0 Å². The highest BCUT2D eigenvalue weighted by Gasteiger charge is 2.07. The van der Waals surface area contributed by atoms with Gasteiger partial charge in [0.05, 0.1) is 0 Å². The van der Waals surface area contributed by atoms with Crippen LogP contribution in [0.5, 0.6) is 11.5 Å². The van der Waals surface area contributed by atoms with E-state index in [1.807, 2.05) is 25.1 Å². The van der Waals surface area contributed by atoms with Crippen LogP contribution in [0.25, 0.3) is 11.1 Å². The van der Waals surface area contributed by atoms with Crippen LogP contribution in [-0.4, -0.2) is 10.2 Å². The summed E-state index contributed by atoms with van der Waals surface area (Å²) in [5.74, 6) is 0.502. The number of phenolic OH excluding ortho intramolecular Hbond substituents is 2. The lowest BCUT2D eigenvalue weighted by atomic mass is 9.99. The summed E-state index contributed by atoms with van der Waals surface area (Å²) in [7, 11) is 0. The predicted octanol–water partition coefficient (Wildman–Crippen LogP) is 3.80. The van der Waals surface area contributed by atoms with Crippen LogP contribution in [0.3, 0.4) is 0 Å². The van der Waals surface area contributed by atoms with Crippen LogP contribution >= 0.6 is 0 Å². The zero-order valence-corrected chi connectivity index (χ0v) is 10.4. The zero-order valence-electron chi connectivity index (χ0n) is 10.4. The van der Waals surface area contributed by atoms with Crippen molar-refractivity contribution in [2.75, 3.05) is 0 Å². The fourth-order valence-electron chi connectivity index (χ4n) is 1.95. The molecule has 0 bridgehead atoms. The zero-order chi connectivity index (χ0) is 13.1. The molecule has 18 heavy (non-hydrogen) atoms. The lowest BCUT2D eigenvalue weighted by Crippen LogP contribution is -1.86. The highest BCUT2D eigenvalue weighted by Crippen LogP contribution is 2.32. The fourth-order valence-corrected chi connectivity index (χ4v) is 1.95. The number of aryl methyl sites for hydroxylation is 1. The summed E-state index contributed by atoms with van der Waals surface area (Å²) in [4.78, 5) is 0. The molecule has 2 rings (SSSR count). The molecule has 2 aromatic carbocycles. The molecule has 0 aliphatic rings. The summed E-state index contributed by atoms with van der Waals surface area (Å²) in [6.45, 7) is 5.65. The first kappa shape index (κ1) is 12.2. The third-order valence-corrected chi connectivity index (χ3v) is 2.91. The predicted molar refractivity (Wildman–Crippen MR) is 73.8 cm³/mol. The van der Waals surface area contributed by atoms with Crippen molar-refractivity contribution in [1.29, 1.82) is 0 Å². The van der Waals surface area contributed by atoms with E-state index in [1.165, 1.54) is 0 Å². The molecule has 0 aromatic heterocycles. The van der Waals surface area contributed by atoms with Crippen LogP contribution in [0.2, 0.25) is 0 Å². The first-order chi connectivity index (χ1) is 8.61. The largest absolute Gasteiger partial charge is 0.508 e. The lowest BCUT2D eigenvalue weighted by molar-refractivity contribution is 0.469. The molecule has 92 valence electrons. The van der Waals surface area contributed by atoms with E-state index in [0.717, 1.165) is 22.3 Å². The van der Waals surface area contributed by atoms with Gasteiger partial charge >= 0.3 is 0 Å². The highest BCUT2D eigenvalue weighted by molar-refractivity contribution is 5.72. The third kappa shape index (κ3) is 2.38. The van der Waals surface area contributed by atoms with Gasteiger partial charge in [0.25, 0.3) is 0 Å². The number of hydrogen-bond donors (Lipinski definition) is 2. The average molecular weight is 240 g/mol. The van der Waals surface area contributed by atoms with Crippen molar-refractivity contribution >= 4 is 0 Å². The Hall–Kier alpha value is -2.22. The standard InChI is InChI=1S/C16H16O2/c1-3-4-13-10-12(6-8-15(13)17)14-9-11(2)5-7-16(14)18/h3,5-10,17-18H,1,4H2,2H3. The van der Waals surface area contributed by atoms with Crippen LogP contribution in [0, 0.1) is 6.92 Å². The van der Waals surface area contributed by atoms with Gasteiger partial charge in [-0.15, -0.1) is 6.58 Å². The fraction of sp³-hybridized carbons (Fsp3) is 0.125. The number of aromatic hydroxyl groups is 2. The third-order valence-electron chi connectivity index (χ3n) is 2.91. The average Bonchev–Trinajstić information content (AvgIpc) is 2.35. The second kappa shape index (κ2) is 4.96. The van der Waals surface area contributed by atoms with E-state index >= 15 is 0 Å². The number of rotatable bonds is 3. The van der Waals surface area contributed by atoms with Gasteiger partial charge in [-0.05, 0) is 48.7 Å². The molecule has 0 radical (unpaired) electrons. The second-order valence-corrected chi connectivity index (χ2v) is 4.36. The molecule has 0 amide bonds. The molecule has 0 fully saturated rings. The van der Waals surface area contributed by atoms with Crippen LogP contribution in [-0.2, 0) is 6.42 Å². The molecule has 2 aromatic rings. The summed E-state index contributed by atoms with van der Waals surface area (Å²) in [6.07, 6.45) is 2.35. The van der Waals surface area contributed by atoms with Crippen molar-refractivity contribution in [2.45, 2.75) is 13.3 Å². The van der Waals surface area contributed by atoms with E-state index in [1.54, 1.807) is 24.3 Å². The Kier molecular flexibility index (Phi) is 3.38. The number of phenols is 2. The molecule has 0 heterocycles. The molecule has 0 aliphatic heterocycles. The highest BCUT2D eigenvalue weighted by atomic mass is 16.3. The van der Waals surface area contributed by atoms with Crippen molar-refractivity contribution in [1.82, 2.24) is 0 Å². The normalized spacial score (nSPS) is 10.3. The minimum absolute atomic E-state index is 0.246. The molecule has 0 saturated heterocycles. The van der Waals surface area contributed by atoms with Gasteiger partial charge in [0, 0.05) is 5.56 Å². The van der Waals surface area contributed by atoms with Crippen LogP contribution < -0.4 is 0 Å². The van der Waals surface area contributed by atoms with Gasteiger partial charge in [-0.1, -0.05) is 23.8 Å². The van der Waals surface area contributed by atoms with E-state index in [4.69, 9.17) is 0 Å². The Morgan fingerprint density at radius 1 is 1.06 bits per heavy atom. The van der Waals surface area contributed by atoms with Gasteiger partial charge < -0.3 is 10.2 Å². The van der Waals surface area contributed by atoms with Crippen LogP contribution in [0.15, 0.2) is 49.1 Å². The van der Waals surface area contributed by atoms with Crippen molar-refractivity contribution in [2.24, 2.45) is 0 Å². The number of hydrogen-bond acceptors (Lipinski definition) is 2.